The van der Waals surface area contributed by atoms with Crippen LogP contribution in [0.5, 0.6) is 0 Å². The van der Waals surface area contributed by atoms with E-state index in [9.17, 15) is 9.59 Å². The lowest BCUT2D eigenvalue weighted by Gasteiger charge is -2.22. The summed E-state index contributed by atoms with van der Waals surface area (Å²) in [5.74, 6) is -0.522. The van der Waals surface area contributed by atoms with Crippen molar-refractivity contribution in [3.63, 3.8) is 0 Å². The van der Waals surface area contributed by atoms with Crippen molar-refractivity contribution in [3.8, 4) is 0 Å². The normalized spacial score (nSPS) is 12.4. The van der Waals surface area contributed by atoms with Crippen LogP contribution in [-0.2, 0) is 20.8 Å². The number of ether oxygens (including phenoxy) is 2. The molecule has 1 aromatic rings. The van der Waals surface area contributed by atoms with Gasteiger partial charge in [0.2, 0.25) is 0 Å². The molecular weight excluding hydrogens is 284 g/mol. The highest BCUT2D eigenvalue weighted by Crippen LogP contribution is 2.07. The quantitative estimate of drug-likeness (QED) is 0.784. The Hall–Kier alpha value is -2.08. The standard InChI is InChI=1S/C16H24N2O4/c1-16(2,3)22-15(20)18-13(14(19)21-4)11-17-10-12-8-6-5-7-9-12/h5-9,13,17H,10-11H2,1-4H3,(H,18,20)/t13-/m1/s1. The Morgan fingerprint density at radius 1 is 1.18 bits per heavy atom. The number of benzene rings is 1. The van der Waals surface area contributed by atoms with E-state index in [0.717, 1.165) is 5.56 Å². The summed E-state index contributed by atoms with van der Waals surface area (Å²) in [5, 5.41) is 5.63. The van der Waals surface area contributed by atoms with Crippen molar-refractivity contribution < 1.29 is 19.1 Å². The van der Waals surface area contributed by atoms with E-state index in [0.29, 0.717) is 6.54 Å². The third kappa shape index (κ3) is 7.08. The molecule has 0 aliphatic rings. The van der Waals surface area contributed by atoms with Crippen molar-refractivity contribution in [2.24, 2.45) is 0 Å². The number of methoxy groups -OCH3 is 1. The number of amides is 1. The number of hydrogen-bond acceptors (Lipinski definition) is 5. The van der Waals surface area contributed by atoms with Crippen molar-refractivity contribution in [2.45, 2.75) is 39.0 Å². The van der Waals surface area contributed by atoms with Crippen molar-refractivity contribution in [3.05, 3.63) is 35.9 Å². The minimum Gasteiger partial charge on any atom is -0.467 e. The van der Waals surface area contributed by atoms with Gasteiger partial charge >= 0.3 is 12.1 Å². The van der Waals surface area contributed by atoms with Crippen LogP contribution in [-0.4, -0.2) is 37.4 Å². The Morgan fingerprint density at radius 2 is 1.82 bits per heavy atom. The van der Waals surface area contributed by atoms with Crippen LogP contribution in [0, 0.1) is 0 Å². The minimum absolute atomic E-state index is 0.251. The summed E-state index contributed by atoms with van der Waals surface area (Å²) in [6, 6.07) is 8.96. The van der Waals surface area contributed by atoms with Crippen LogP contribution < -0.4 is 10.6 Å². The van der Waals surface area contributed by atoms with E-state index in [1.807, 2.05) is 30.3 Å². The Kier molecular flexibility index (Phi) is 6.85. The second-order valence-corrected chi connectivity index (χ2v) is 5.84. The fourth-order valence-electron chi connectivity index (χ4n) is 1.74. The largest absolute Gasteiger partial charge is 0.467 e. The van der Waals surface area contributed by atoms with Gasteiger partial charge in [-0.3, -0.25) is 0 Å². The van der Waals surface area contributed by atoms with Gasteiger partial charge in [-0.1, -0.05) is 30.3 Å². The van der Waals surface area contributed by atoms with Crippen LogP contribution >= 0.6 is 0 Å². The molecule has 0 aromatic heterocycles. The topological polar surface area (TPSA) is 76.7 Å². The third-order valence-electron chi connectivity index (χ3n) is 2.70. The van der Waals surface area contributed by atoms with Gasteiger partial charge in [-0.15, -0.1) is 0 Å². The third-order valence-corrected chi connectivity index (χ3v) is 2.70. The van der Waals surface area contributed by atoms with Crippen LogP contribution in [0.15, 0.2) is 30.3 Å². The predicted octanol–water partition coefficient (Wildman–Crippen LogP) is 1.84. The maximum atomic E-state index is 11.8. The van der Waals surface area contributed by atoms with Crippen LogP contribution in [0.25, 0.3) is 0 Å². The number of esters is 1. The molecule has 0 spiro atoms. The van der Waals surface area contributed by atoms with Gasteiger partial charge in [0.1, 0.15) is 11.6 Å². The molecule has 1 rings (SSSR count). The average molecular weight is 308 g/mol. The van der Waals surface area contributed by atoms with E-state index < -0.39 is 23.7 Å². The van der Waals surface area contributed by atoms with E-state index in [1.165, 1.54) is 7.11 Å². The van der Waals surface area contributed by atoms with Crippen LogP contribution in [0.3, 0.4) is 0 Å². The van der Waals surface area contributed by atoms with Gasteiger partial charge in [-0.2, -0.15) is 0 Å². The Balaban J connectivity index is 2.50. The van der Waals surface area contributed by atoms with Crippen molar-refractivity contribution in [2.75, 3.05) is 13.7 Å². The summed E-state index contributed by atoms with van der Waals surface area (Å²) in [4.78, 5) is 23.5. The number of hydrogen-bond donors (Lipinski definition) is 2. The van der Waals surface area contributed by atoms with Gasteiger partial charge in [-0.05, 0) is 26.3 Å². The molecule has 1 atom stereocenters. The molecule has 0 aliphatic heterocycles. The fourth-order valence-corrected chi connectivity index (χ4v) is 1.74. The van der Waals surface area contributed by atoms with Gasteiger partial charge in [0, 0.05) is 13.1 Å². The highest BCUT2D eigenvalue weighted by Gasteiger charge is 2.24. The summed E-state index contributed by atoms with van der Waals surface area (Å²) >= 11 is 0. The molecule has 0 unspecified atom stereocenters. The molecule has 0 radical (unpaired) electrons. The van der Waals surface area contributed by atoms with E-state index in [-0.39, 0.29) is 6.54 Å². The van der Waals surface area contributed by atoms with E-state index >= 15 is 0 Å². The van der Waals surface area contributed by atoms with Crippen LogP contribution in [0.4, 0.5) is 4.79 Å². The van der Waals surface area contributed by atoms with Crippen molar-refractivity contribution in [1.29, 1.82) is 0 Å². The first-order chi connectivity index (χ1) is 10.3. The summed E-state index contributed by atoms with van der Waals surface area (Å²) in [5.41, 5.74) is 0.464. The maximum absolute atomic E-state index is 11.8. The second-order valence-electron chi connectivity index (χ2n) is 5.84. The zero-order valence-corrected chi connectivity index (χ0v) is 13.5. The highest BCUT2D eigenvalue weighted by atomic mass is 16.6. The summed E-state index contributed by atoms with van der Waals surface area (Å²) < 4.78 is 9.84. The fraction of sp³-hybridized carbons (Fsp3) is 0.500. The molecule has 0 bridgehead atoms. The molecule has 2 N–H and O–H groups in total. The molecule has 0 aliphatic carbocycles. The van der Waals surface area contributed by atoms with Gasteiger partial charge in [-0.25, -0.2) is 9.59 Å². The lowest BCUT2D eigenvalue weighted by atomic mass is 10.2. The number of rotatable bonds is 6. The molecule has 0 heterocycles. The zero-order chi connectivity index (χ0) is 16.6. The zero-order valence-electron chi connectivity index (χ0n) is 13.5. The number of alkyl carbamates (subject to hydrolysis) is 1. The minimum atomic E-state index is -0.802. The van der Waals surface area contributed by atoms with Crippen LogP contribution in [0.2, 0.25) is 0 Å². The summed E-state index contributed by atoms with van der Waals surface area (Å²) in [7, 11) is 1.28. The van der Waals surface area contributed by atoms with Crippen molar-refractivity contribution in [1.82, 2.24) is 10.6 Å². The van der Waals surface area contributed by atoms with Gasteiger partial charge in [0.05, 0.1) is 7.11 Å². The number of carbonyl (C=O) groups is 2. The molecule has 0 saturated carbocycles. The van der Waals surface area contributed by atoms with E-state index in [4.69, 9.17) is 9.47 Å². The Labute approximate surface area is 131 Å². The van der Waals surface area contributed by atoms with Crippen molar-refractivity contribution >= 4 is 12.1 Å². The molecule has 6 heteroatoms. The van der Waals surface area contributed by atoms with Gasteiger partial charge in [0.25, 0.3) is 0 Å². The molecular formula is C16H24N2O4. The molecule has 1 amide bonds. The molecule has 0 saturated heterocycles. The Bertz CT molecular complexity index is 483. The monoisotopic (exact) mass is 308 g/mol. The van der Waals surface area contributed by atoms with E-state index in [2.05, 4.69) is 10.6 Å². The summed E-state index contributed by atoms with van der Waals surface area (Å²) in [6.45, 7) is 6.11. The first kappa shape index (κ1) is 18.0. The number of carbonyl (C=O) groups excluding carboxylic acids is 2. The van der Waals surface area contributed by atoms with Gasteiger partial charge < -0.3 is 20.1 Å². The molecule has 0 fully saturated rings. The molecule has 22 heavy (non-hydrogen) atoms. The first-order valence-electron chi connectivity index (χ1n) is 7.14. The Morgan fingerprint density at radius 3 is 2.36 bits per heavy atom. The smallest absolute Gasteiger partial charge is 0.408 e. The first-order valence-corrected chi connectivity index (χ1v) is 7.14. The molecule has 6 nitrogen and oxygen atoms in total. The highest BCUT2D eigenvalue weighted by molar-refractivity contribution is 5.81. The molecule has 1 aromatic carbocycles. The van der Waals surface area contributed by atoms with Gasteiger partial charge in [0.15, 0.2) is 0 Å². The molecule has 122 valence electrons. The van der Waals surface area contributed by atoms with E-state index in [1.54, 1.807) is 20.8 Å². The number of nitrogens with one attached hydrogen (secondary N) is 2. The second kappa shape index (κ2) is 8.38. The predicted molar refractivity (Wildman–Crippen MR) is 83.3 cm³/mol. The maximum Gasteiger partial charge on any atom is 0.408 e. The SMILES string of the molecule is COC(=O)[C@@H](CNCc1ccccc1)NC(=O)OC(C)(C)C. The average Bonchev–Trinajstić information content (AvgIpc) is 2.44. The summed E-state index contributed by atoms with van der Waals surface area (Å²) in [6.07, 6.45) is -0.649. The lowest BCUT2D eigenvalue weighted by Crippen LogP contribution is -2.49. The lowest BCUT2D eigenvalue weighted by molar-refractivity contribution is -0.143. The van der Waals surface area contributed by atoms with Crippen LogP contribution in [0.1, 0.15) is 26.3 Å².